The van der Waals surface area contributed by atoms with Crippen LogP contribution in [0.4, 0.5) is 5.69 Å². The largest absolute Gasteiger partial charge is 1.00 e. The van der Waals surface area contributed by atoms with Crippen LogP contribution in [-0.2, 0) is 7.05 Å². The fourth-order valence-corrected chi connectivity index (χ4v) is 1.84. The second-order valence-corrected chi connectivity index (χ2v) is 5.00. The Bertz CT molecular complexity index is 596. The number of benzene rings is 1. The van der Waals surface area contributed by atoms with Crippen LogP contribution in [-0.4, -0.2) is 14.1 Å². The van der Waals surface area contributed by atoms with Crippen molar-refractivity contribution in [2.24, 2.45) is 7.05 Å². The van der Waals surface area contributed by atoms with Crippen LogP contribution in [0.3, 0.4) is 0 Å². The number of halogens is 1. The number of aromatic nitrogens is 1. The SMILES string of the molecule is CN(C)c1ccc(/C=C/C=C/c2cc[n+](C)cc2)cc1.[I-]. The van der Waals surface area contributed by atoms with Crippen molar-refractivity contribution in [2.75, 3.05) is 19.0 Å². The lowest BCUT2D eigenvalue weighted by molar-refractivity contribution is -0.671. The van der Waals surface area contributed by atoms with E-state index >= 15 is 0 Å². The normalized spacial score (nSPS) is 10.8. The summed E-state index contributed by atoms with van der Waals surface area (Å²) >= 11 is 0. The maximum absolute atomic E-state index is 2.13. The van der Waals surface area contributed by atoms with Gasteiger partial charge in [-0.3, -0.25) is 0 Å². The minimum Gasteiger partial charge on any atom is -1.00 e. The Balaban J connectivity index is 0.00000220. The van der Waals surface area contributed by atoms with E-state index in [1.165, 1.54) is 16.8 Å². The number of aryl methyl sites for hydroxylation is 1. The molecular formula is C18H21IN2. The molecule has 1 aromatic heterocycles. The van der Waals surface area contributed by atoms with Crippen molar-refractivity contribution < 1.29 is 28.5 Å². The Morgan fingerprint density at radius 1 is 0.810 bits per heavy atom. The van der Waals surface area contributed by atoms with Gasteiger partial charge in [0.25, 0.3) is 0 Å². The van der Waals surface area contributed by atoms with E-state index in [1.54, 1.807) is 0 Å². The molecule has 1 heterocycles. The van der Waals surface area contributed by atoms with Gasteiger partial charge in [0.1, 0.15) is 7.05 Å². The molecule has 110 valence electrons. The van der Waals surface area contributed by atoms with E-state index in [9.17, 15) is 0 Å². The molecule has 0 aliphatic carbocycles. The van der Waals surface area contributed by atoms with Crippen molar-refractivity contribution in [3.8, 4) is 0 Å². The molecule has 0 atom stereocenters. The summed E-state index contributed by atoms with van der Waals surface area (Å²) < 4.78 is 2.03. The van der Waals surface area contributed by atoms with E-state index < -0.39 is 0 Å². The molecule has 0 radical (unpaired) electrons. The molecule has 1 aromatic carbocycles. The lowest BCUT2D eigenvalue weighted by Crippen LogP contribution is -3.00. The van der Waals surface area contributed by atoms with Crippen LogP contribution in [0.15, 0.2) is 60.9 Å². The predicted molar refractivity (Wildman–Crippen MR) is 86.5 cm³/mol. The summed E-state index contributed by atoms with van der Waals surface area (Å²) in [5.74, 6) is 0. The van der Waals surface area contributed by atoms with E-state index in [-0.39, 0.29) is 24.0 Å². The molecule has 2 aromatic rings. The zero-order valence-electron chi connectivity index (χ0n) is 12.7. The number of pyridine rings is 1. The van der Waals surface area contributed by atoms with Gasteiger partial charge in [-0.2, -0.15) is 0 Å². The zero-order valence-corrected chi connectivity index (χ0v) is 14.9. The minimum absolute atomic E-state index is 0. The number of hydrogen-bond donors (Lipinski definition) is 0. The average molecular weight is 392 g/mol. The van der Waals surface area contributed by atoms with Crippen LogP contribution >= 0.6 is 0 Å². The van der Waals surface area contributed by atoms with Gasteiger partial charge in [0.05, 0.1) is 0 Å². The molecule has 3 heteroatoms. The van der Waals surface area contributed by atoms with Gasteiger partial charge in [-0.1, -0.05) is 36.4 Å². The predicted octanol–water partition coefficient (Wildman–Crippen LogP) is 0.308. The average Bonchev–Trinajstić information content (AvgIpc) is 2.46. The van der Waals surface area contributed by atoms with Gasteiger partial charge in [0.15, 0.2) is 12.4 Å². The summed E-state index contributed by atoms with van der Waals surface area (Å²) in [4.78, 5) is 2.10. The van der Waals surface area contributed by atoms with E-state index in [2.05, 4.69) is 65.6 Å². The van der Waals surface area contributed by atoms with E-state index in [0.29, 0.717) is 0 Å². The summed E-state index contributed by atoms with van der Waals surface area (Å²) in [5, 5.41) is 0. The number of hydrogen-bond acceptors (Lipinski definition) is 1. The van der Waals surface area contributed by atoms with Crippen molar-refractivity contribution >= 4 is 17.8 Å². The molecule has 0 bridgehead atoms. The van der Waals surface area contributed by atoms with Gasteiger partial charge >= 0.3 is 0 Å². The summed E-state index contributed by atoms with van der Waals surface area (Å²) in [6.07, 6.45) is 12.4. The standard InChI is InChI=1S/C18H21N2.HI/c1-19(2)18-10-8-16(9-11-18)6-4-5-7-17-12-14-20(3)15-13-17;/h4-15H,1-3H3;1H/q+1;/p-1. The molecule has 0 aliphatic rings. The van der Waals surface area contributed by atoms with Gasteiger partial charge < -0.3 is 28.9 Å². The van der Waals surface area contributed by atoms with Crippen molar-refractivity contribution in [3.05, 3.63) is 72.1 Å². The molecule has 0 saturated heterocycles. The quantitative estimate of drug-likeness (QED) is 0.413. The molecule has 0 aliphatic heterocycles. The van der Waals surface area contributed by atoms with Crippen molar-refractivity contribution in [3.63, 3.8) is 0 Å². The smallest absolute Gasteiger partial charge is 0.169 e. The third-order valence-corrected chi connectivity index (χ3v) is 3.10. The van der Waals surface area contributed by atoms with E-state index in [4.69, 9.17) is 0 Å². The van der Waals surface area contributed by atoms with Crippen LogP contribution in [0.25, 0.3) is 12.2 Å². The third kappa shape index (κ3) is 5.71. The van der Waals surface area contributed by atoms with Gasteiger partial charge in [0.2, 0.25) is 0 Å². The maximum atomic E-state index is 2.13. The molecule has 2 nitrogen and oxygen atoms in total. The number of rotatable bonds is 4. The monoisotopic (exact) mass is 392 g/mol. The first-order valence-electron chi connectivity index (χ1n) is 6.72. The summed E-state index contributed by atoms with van der Waals surface area (Å²) in [7, 11) is 6.12. The molecule has 0 unspecified atom stereocenters. The molecule has 2 rings (SSSR count). The summed E-state index contributed by atoms with van der Waals surface area (Å²) in [6.45, 7) is 0. The summed E-state index contributed by atoms with van der Waals surface area (Å²) in [6, 6.07) is 12.7. The second-order valence-electron chi connectivity index (χ2n) is 5.00. The lowest BCUT2D eigenvalue weighted by Gasteiger charge is -2.11. The number of nitrogens with zero attached hydrogens (tertiary/aromatic N) is 2. The molecule has 0 N–H and O–H groups in total. The molecule has 21 heavy (non-hydrogen) atoms. The highest BCUT2D eigenvalue weighted by Crippen LogP contribution is 2.13. The summed E-state index contributed by atoms with van der Waals surface area (Å²) in [5.41, 5.74) is 3.63. The highest BCUT2D eigenvalue weighted by Gasteiger charge is 1.93. The Kier molecular flexibility index (Phi) is 7.15. The van der Waals surface area contributed by atoms with Crippen molar-refractivity contribution in [1.29, 1.82) is 0 Å². The van der Waals surface area contributed by atoms with Gasteiger partial charge in [-0.25, -0.2) is 4.57 Å². The van der Waals surface area contributed by atoms with Gasteiger partial charge in [-0.15, -0.1) is 0 Å². The van der Waals surface area contributed by atoms with Crippen LogP contribution in [0.5, 0.6) is 0 Å². The lowest BCUT2D eigenvalue weighted by atomic mass is 10.2. The van der Waals surface area contributed by atoms with Gasteiger partial charge in [-0.05, 0) is 23.3 Å². The Hall–Kier alpha value is -1.62. The second kappa shape index (κ2) is 8.62. The topological polar surface area (TPSA) is 7.12 Å². The van der Waals surface area contributed by atoms with Crippen molar-refractivity contribution in [2.45, 2.75) is 0 Å². The van der Waals surface area contributed by atoms with Crippen LogP contribution < -0.4 is 33.4 Å². The fraction of sp³-hybridized carbons (Fsp3) is 0.167. The molecule has 0 amide bonds. The molecule has 0 fully saturated rings. The number of allylic oxidation sites excluding steroid dienone is 2. The van der Waals surface area contributed by atoms with Crippen LogP contribution in [0, 0.1) is 0 Å². The zero-order chi connectivity index (χ0) is 14.4. The minimum atomic E-state index is 0. The first kappa shape index (κ1) is 17.4. The van der Waals surface area contributed by atoms with E-state index in [0.717, 1.165) is 0 Å². The van der Waals surface area contributed by atoms with Crippen molar-refractivity contribution in [1.82, 2.24) is 0 Å². The maximum Gasteiger partial charge on any atom is 0.169 e. The Labute approximate surface area is 144 Å². The van der Waals surface area contributed by atoms with Crippen LogP contribution in [0.1, 0.15) is 11.1 Å². The Morgan fingerprint density at radius 3 is 1.76 bits per heavy atom. The highest BCUT2D eigenvalue weighted by atomic mass is 127. The van der Waals surface area contributed by atoms with Crippen LogP contribution in [0.2, 0.25) is 0 Å². The molecule has 0 spiro atoms. The highest BCUT2D eigenvalue weighted by molar-refractivity contribution is 5.59. The van der Waals surface area contributed by atoms with E-state index in [1.807, 2.05) is 38.1 Å². The Morgan fingerprint density at radius 2 is 1.29 bits per heavy atom. The number of anilines is 1. The molecular weight excluding hydrogens is 371 g/mol. The van der Waals surface area contributed by atoms with Gasteiger partial charge in [0, 0.05) is 31.9 Å². The first-order valence-corrected chi connectivity index (χ1v) is 6.72. The first-order chi connectivity index (χ1) is 9.65. The molecule has 0 saturated carbocycles. The fourth-order valence-electron chi connectivity index (χ4n) is 1.84. The third-order valence-electron chi connectivity index (χ3n) is 3.10.